The van der Waals surface area contributed by atoms with Crippen LogP contribution < -0.4 is 14.8 Å². The van der Waals surface area contributed by atoms with E-state index in [1.807, 2.05) is 17.5 Å². The molecule has 0 bridgehead atoms. The lowest BCUT2D eigenvalue weighted by Gasteiger charge is -2.10. The third-order valence-corrected chi connectivity index (χ3v) is 4.15. The predicted molar refractivity (Wildman–Crippen MR) is 86.5 cm³/mol. The van der Waals surface area contributed by atoms with Gasteiger partial charge in [-0.15, -0.1) is 11.3 Å². The molecule has 0 aliphatic heterocycles. The minimum Gasteiger partial charge on any atom is -0.493 e. The quantitative estimate of drug-likeness (QED) is 0.852. The SMILES string of the molecule is COc1ccccc1OCC(=O)NCc1csc(C(C)C)n1. The maximum Gasteiger partial charge on any atom is 0.258 e. The number of aromatic nitrogens is 1. The summed E-state index contributed by atoms with van der Waals surface area (Å²) in [6, 6.07) is 7.23. The number of nitrogens with zero attached hydrogens (tertiary/aromatic N) is 1. The van der Waals surface area contributed by atoms with Crippen molar-refractivity contribution in [3.05, 3.63) is 40.3 Å². The van der Waals surface area contributed by atoms with Gasteiger partial charge in [-0.1, -0.05) is 26.0 Å². The zero-order chi connectivity index (χ0) is 15.9. The summed E-state index contributed by atoms with van der Waals surface area (Å²) >= 11 is 1.61. The number of thiazole rings is 1. The Morgan fingerprint density at radius 1 is 1.32 bits per heavy atom. The van der Waals surface area contributed by atoms with Gasteiger partial charge in [0.25, 0.3) is 5.91 Å². The number of para-hydroxylation sites is 2. The van der Waals surface area contributed by atoms with E-state index in [2.05, 4.69) is 24.1 Å². The molecule has 1 aromatic carbocycles. The molecule has 0 saturated heterocycles. The van der Waals surface area contributed by atoms with E-state index in [4.69, 9.17) is 9.47 Å². The third kappa shape index (κ3) is 4.46. The van der Waals surface area contributed by atoms with Gasteiger partial charge >= 0.3 is 0 Å². The van der Waals surface area contributed by atoms with E-state index in [0.29, 0.717) is 24.0 Å². The lowest BCUT2D eigenvalue weighted by atomic mass is 10.2. The molecule has 1 N–H and O–H groups in total. The smallest absolute Gasteiger partial charge is 0.258 e. The molecule has 118 valence electrons. The van der Waals surface area contributed by atoms with Crippen molar-refractivity contribution in [2.75, 3.05) is 13.7 Å². The second-order valence-corrected chi connectivity index (χ2v) is 5.94. The van der Waals surface area contributed by atoms with Crippen molar-refractivity contribution in [2.45, 2.75) is 26.3 Å². The van der Waals surface area contributed by atoms with Crippen LogP contribution in [0.25, 0.3) is 0 Å². The summed E-state index contributed by atoms with van der Waals surface area (Å²) in [4.78, 5) is 16.3. The van der Waals surface area contributed by atoms with E-state index in [9.17, 15) is 4.79 Å². The van der Waals surface area contributed by atoms with E-state index < -0.39 is 0 Å². The number of nitrogens with one attached hydrogen (secondary N) is 1. The molecule has 0 aliphatic carbocycles. The van der Waals surface area contributed by atoms with Crippen molar-refractivity contribution < 1.29 is 14.3 Å². The van der Waals surface area contributed by atoms with Gasteiger partial charge in [-0.05, 0) is 12.1 Å². The van der Waals surface area contributed by atoms with Gasteiger partial charge < -0.3 is 14.8 Å². The van der Waals surface area contributed by atoms with Gasteiger partial charge in [-0.2, -0.15) is 0 Å². The van der Waals surface area contributed by atoms with Gasteiger partial charge in [0.15, 0.2) is 18.1 Å². The Labute approximate surface area is 134 Å². The second kappa shape index (κ2) is 7.79. The summed E-state index contributed by atoms with van der Waals surface area (Å²) in [5, 5.41) is 5.85. The maximum absolute atomic E-state index is 11.8. The van der Waals surface area contributed by atoms with Crippen LogP contribution in [0.5, 0.6) is 11.5 Å². The molecule has 5 nitrogen and oxygen atoms in total. The lowest BCUT2D eigenvalue weighted by molar-refractivity contribution is -0.123. The summed E-state index contributed by atoms with van der Waals surface area (Å²) in [7, 11) is 1.57. The van der Waals surface area contributed by atoms with Gasteiger partial charge in [-0.3, -0.25) is 4.79 Å². The summed E-state index contributed by atoms with van der Waals surface area (Å²) in [6.07, 6.45) is 0. The average Bonchev–Trinajstić information content (AvgIpc) is 3.00. The minimum absolute atomic E-state index is 0.0540. The first-order valence-corrected chi connectivity index (χ1v) is 7.95. The molecule has 2 aromatic rings. The molecule has 1 amide bonds. The molecular weight excluding hydrogens is 300 g/mol. The van der Waals surface area contributed by atoms with Crippen molar-refractivity contribution in [3.8, 4) is 11.5 Å². The Kier molecular flexibility index (Phi) is 5.77. The van der Waals surface area contributed by atoms with Crippen LogP contribution in [-0.4, -0.2) is 24.6 Å². The second-order valence-electron chi connectivity index (χ2n) is 5.05. The van der Waals surface area contributed by atoms with Crippen LogP contribution in [0.15, 0.2) is 29.6 Å². The summed E-state index contributed by atoms with van der Waals surface area (Å²) in [5.41, 5.74) is 0.874. The molecule has 0 atom stereocenters. The number of carbonyl (C=O) groups is 1. The zero-order valence-corrected chi connectivity index (χ0v) is 13.8. The first-order valence-electron chi connectivity index (χ1n) is 7.07. The molecule has 0 radical (unpaired) electrons. The average molecular weight is 320 g/mol. The first-order chi connectivity index (χ1) is 10.6. The number of hydrogen-bond acceptors (Lipinski definition) is 5. The molecule has 0 saturated carbocycles. The molecule has 1 heterocycles. The summed E-state index contributed by atoms with van der Waals surface area (Å²) in [5.74, 6) is 1.38. The fourth-order valence-electron chi connectivity index (χ4n) is 1.79. The summed E-state index contributed by atoms with van der Waals surface area (Å²) < 4.78 is 10.6. The molecular formula is C16H20N2O3S. The Morgan fingerprint density at radius 3 is 2.68 bits per heavy atom. The Morgan fingerprint density at radius 2 is 2.05 bits per heavy atom. The van der Waals surface area contributed by atoms with Gasteiger partial charge in [0.05, 0.1) is 24.4 Å². The van der Waals surface area contributed by atoms with Crippen LogP contribution in [0, 0.1) is 0 Å². The van der Waals surface area contributed by atoms with Crippen LogP contribution in [-0.2, 0) is 11.3 Å². The number of rotatable bonds is 7. The number of carbonyl (C=O) groups excluding carboxylic acids is 1. The van der Waals surface area contributed by atoms with Crippen molar-refractivity contribution in [1.82, 2.24) is 10.3 Å². The van der Waals surface area contributed by atoms with Crippen molar-refractivity contribution in [1.29, 1.82) is 0 Å². The van der Waals surface area contributed by atoms with Gasteiger partial charge in [-0.25, -0.2) is 4.98 Å². The highest BCUT2D eigenvalue weighted by atomic mass is 32.1. The fraction of sp³-hybridized carbons (Fsp3) is 0.375. The molecule has 2 rings (SSSR count). The Hall–Kier alpha value is -2.08. The highest BCUT2D eigenvalue weighted by molar-refractivity contribution is 7.09. The van der Waals surface area contributed by atoms with Crippen LogP contribution >= 0.6 is 11.3 Å². The van der Waals surface area contributed by atoms with Gasteiger partial charge in [0.2, 0.25) is 0 Å². The van der Waals surface area contributed by atoms with Crippen LogP contribution in [0.2, 0.25) is 0 Å². The minimum atomic E-state index is -0.190. The fourth-order valence-corrected chi connectivity index (χ4v) is 2.63. The third-order valence-electron chi connectivity index (χ3n) is 2.96. The van der Waals surface area contributed by atoms with Gasteiger partial charge in [0.1, 0.15) is 0 Å². The first kappa shape index (κ1) is 16.3. The zero-order valence-electron chi connectivity index (χ0n) is 13.0. The molecule has 1 aromatic heterocycles. The topological polar surface area (TPSA) is 60.5 Å². The molecule has 22 heavy (non-hydrogen) atoms. The summed E-state index contributed by atoms with van der Waals surface area (Å²) in [6.45, 7) is 4.56. The molecule has 0 unspecified atom stereocenters. The Bertz CT molecular complexity index is 625. The van der Waals surface area contributed by atoms with Crippen LogP contribution in [0.3, 0.4) is 0 Å². The van der Waals surface area contributed by atoms with Gasteiger partial charge in [0, 0.05) is 11.3 Å². The lowest BCUT2D eigenvalue weighted by Crippen LogP contribution is -2.28. The standard InChI is InChI=1S/C16H20N2O3S/c1-11(2)16-18-12(10-22-16)8-17-15(19)9-21-14-7-5-4-6-13(14)20-3/h4-7,10-11H,8-9H2,1-3H3,(H,17,19). The number of methoxy groups -OCH3 is 1. The normalized spacial score (nSPS) is 10.5. The van der Waals surface area contributed by atoms with Crippen molar-refractivity contribution in [2.24, 2.45) is 0 Å². The van der Waals surface area contributed by atoms with E-state index in [-0.39, 0.29) is 12.5 Å². The monoisotopic (exact) mass is 320 g/mol. The highest BCUT2D eigenvalue weighted by Gasteiger charge is 2.09. The maximum atomic E-state index is 11.8. The van der Waals surface area contributed by atoms with E-state index in [1.165, 1.54) is 0 Å². The number of ether oxygens (including phenoxy) is 2. The molecule has 0 spiro atoms. The van der Waals surface area contributed by atoms with Crippen molar-refractivity contribution >= 4 is 17.2 Å². The molecule has 0 fully saturated rings. The molecule has 6 heteroatoms. The highest BCUT2D eigenvalue weighted by Crippen LogP contribution is 2.25. The van der Waals surface area contributed by atoms with Crippen LogP contribution in [0.4, 0.5) is 0 Å². The van der Waals surface area contributed by atoms with Crippen molar-refractivity contribution in [3.63, 3.8) is 0 Å². The van der Waals surface area contributed by atoms with E-state index in [1.54, 1.807) is 30.6 Å². The molecule has 0 aliphatic rings. The largest absolute Gasteiger partial charge is 0.493 e. The predicted octanol–water partition coefficient (Wildman–Crippen LogP) is 2.97. The van der Waals surface area contributed by atoms with E-state index >= 15 is 0 Å². The number of amides is 1. The Balaban J connectivity index is 1.80. The number of benzene rings is 1. The van der Waals surface area contributed by atoms with E-state index in [0.717, 1.165) is 10.7 Å². The number of hydrogen-bond donors (Lipinski definition) is 1. The van der Waals surface area contributed by atoms with Crippen LogP contribution in [0.1, 0.15) is 30.5 Å².